The first-order valence-electron chi connectivity index (χ1n) is 7.43. The van der Waals surface area contributed by atoms with Crippen molar-refractivity contribution in [1.29, 1.82) is 0 Å². The number of rotatable bonds is 4. The van der Waals surface area contributed by atoms with Gasteiger partial charge < -0.3 is 15.8 Å². The number of nitrogens with zero attached hydrogens (tertiary/aromatic N) is 3. The van der Waals surface area contributed by atoms with Gasteiger partial charge in [0.2, 0.25) is 11.9 Å². The van der Waals surface area contributed by atoms with Crippen LogP contribution in [-0.4, -0.2) is 28.1 Å². The number of nitrogen functional groups attached to an aromatic ring is 1. The zero-order chi connectivity index (χ0) is 17.6. The van der Waals surface area contributed by atoms with Gasteiger partial charge in [-0.2, -0.15) is 15.0 Å². The van der Waals surface area contributed by atoms with Crippen molar-refractivity contribution in [2.24, 2.45) is 0 Å². The second-order valence-corrected chi connectivity index (χ2v) is 5.01. The highest BCUT2D eigenvalue weighted by molar-refractivity contribution is 5.98. The highest BCUT2D eigenvalue weighted by atomic mass is 16.5. The van der Waals surface area contributed by atoms with Crippen LogP contribution in [0.3, 0.4) is 0 Å². The van der Waals surface area contributed by atoms with E-state index < -0.39 is 6.03 Å². The van der Waals surface area contributed by atoms with E-state index in [2.05, 4.69) is 25.6 Å². The number of hydrogen-bond donors (Lipinski definition) is 3. The largest absolute Gasteiger partial charge is 0.497 e. The molecule has 0 atom stereocenters. The number of nitrogens with two attached hydrogens (primary N) is 1. The van der Waals surface area contributed by atoms with E-state index in [9.17, 15) is 4.79 Å². The quantitative estimate of drug-likeness (QED) is 0.675. The smallest absolute Gasteiger partial charge is 0.326 e. The Bertz CT molecular complexity index is 868. The molecule has 0 spiro atoms. The second-order valence-electron chi connectivity index (χ2n) is 5.01. The molecule has 4 N–H and O–H groups in total. The van der Waals surface area contributed by atoms with Crippen LogP contribution in [-0.2, 0) is 0 Å². The molecule has 2 aromatic carbocycles. The molecule has 0 radical (unpaired) electrons. The lowest BCUT2D eigenvalue weighted by Crippen LogP contribution is -2.21. The Balaban J connectivity index is 1.77. The molecule has 0 saturated heterocycles. The number of benzene rings is 2. The van der Waals surface area contributed by atoms with Crippen LogP contribution in [0.4, 0.5) is 22.4 Å². The molecule has 0 bridgehead atoms. The molecule has 0 aliphatic heterocycles. The average molecular weight is 336 g/mol. The van der Waals surface area contributed by atoms with E-state index in [0.717, 1.165) is 5.56 Å². The maximum atomic E-state index is 12.0. The predicted molar refractivity (Wildman–Crippen MR) is 95.3 cm³/mol. The summed E-state index contributed by atoms with van der Waals surface area (Å²) in [7, 11) is 1.59. The van der Waals surface area contributed by atoms with Gasteiger partial charge >= 0.3 is 6.03 Å². The summed E-state index contributed by atoms with van der Waals surface area (Å²) in [6, 6.07) is 15.7. The Kier molecular flexibility index (Phi) is 4.70. The summed E-state index contributed by atoms with van der Waals surface area (Å²) >= 11 is 0. The van der Waals surface area contributed by atoms with E-state index in [0.29, 0.717) is 17.3 Å². The van der Waals surface area contributed by atoms with Crippen LogP contribution in [0, 0.1) is 0 Å². The van der Waals surface area contributed by atoms with E-state index in [-0.39, 0.29) is 11.9 Å². The van der Waals surface area contributed by atoms with Gasteiger partial charge in [0.1, 0.15) is 5.75 Å². The molecule has 8 nitrogen and oxygen atoms in total. The minimum atomic E-state index is -0.475. The minimum Gasteiger partial charge on any atom is -0.497 e. The van der Waals surface area contributed by atoms with Crippen molar-refractivity contribution in [3.8, 4) is 17.1 Å². The van der Waals surface area contributed by atoms with Gasteiger partial charge in [-0.05, 0) is 36.4 Å². The number of carbonyl (C=O) groups excluding carboxylic acids is 1. The molecule has 0 aliphatic rings. The van der Waals surface area contributed by atoms with Crippen molar-refractivity contribution in [3.63, 3.8) is 0 Å². The van der Waals surface area contributed by atoms with Crippen LogP contribution < -0.4 is 21.1 Å². The second kappa shape index (κ2) is 7.26. The number of nitrogens with one attached hydrogen (secondary N) is 2. The van der Waals surface area contributed by atoms with Crippen LogP contribution >= 0.6 is 0 Å². The Morgan fingerprint density at radius 3 is 2.36 bits per heavy atom. The highest BCUT2D eigenvalue weighted by Gasteiger charge is 2.10. The van der Waals surface area contributed by atoms with Crippen molar-refractivity contribution >= 4 is 23.6 Å². The monoisotopic (exact) mass is 336 g/mol. The summed E-state index contributed by atoms with van der Waals surface area (Å²) < 4.78 is 5.12. The number of anilines is 3. The Morgan fingerprint density at radius 1 is 0.960 bits per heavy atom. The molecular formula is C17H16N6O2. The minimum absolute atomic E-state index is 0.0100. The third-order valence-corrected chi connectivity index (χ3v) is 3.26. The lowest BCUT2D eigenvalue weighted by molar-refractivity contribution is 0.262. The van der Waals surface area contributed by atoms with E-state index in [4.69, 9.17) is 10.5 Å². The van der Waals surface area contributed by atoms with Crippen LogP contribution in [0.2, 0.25) is 0 Å². The third-order valence-electron chi connectivity index (χ3n) is 3.26. The van der Waals surface area contributed by atoms with E-state index in [1.54, 1.807) is 43.5 Å². The molecule has 126 valence electrons. The molecule has 25 heavy (non-hydrogen) atoms. The normalized spacial score (nSPS) is 10.1. The van der Waals surface area contributed by atoms with Gasteiger partial charge in [-0.1, -0.05) is 18.2 Å². The van der Waals surface area contributed by atoms with Gasteiger partial charge in [0.25, 0.3) is 0 Å². The maximum Gasteiger partial charge on any atom is 0.326 e. The van der Waals surface area contributed by atoms with Gasteiger partial charge in [-0.3, -0.25) is 5.32 Å². The first-order chi connectivity index (χ1) is 12.1. The molecule has 3 aromatic rings. The van der Waals surface area contributed by atoms with E-state index in [1.165, 1.54) is 0 Å². The summed E-state index contributed by atoms with van der Waals surface area (Å²) in [6.45, 7) is 0. The topological polar surface area (TPSA) is 115 Å². The predicted octanol–water partition coefficient (Wildman–Crippen LogP) is 2.77. The summed E-state index contributed by atoms with van der Waals surface area (Å²) in [6.07, 6.45) is 0. The summed E-state index contributed by atoms with van der Waals surface area (Å²) in [5.41, 5.74) is 7.10. The lowest BCUT2D eigenvalue weighted by Gasteiger charge is -2.08. The Labute approximate surface area is 144 Å². The number of carbonyl (C=O) groups is 1. The first kappa shape index (κ1) is 16.2. The molecule has 0 saturated carbocycles. The van der Waals surface area contributed by atoms with Crippen LogP contribution in [0.1, 0.15) is 0 Å². The van der Waals surface area contributed by atoms with Crippen molar-refractivity contribution < 1.29 is 9.53 Å². The van der Waals surface area contributed by atoms with Crippen molar-refractivity contribution in [3.05, 3.63) is 54.6 Å². The molecule has 1 aromatic heterocycles. The average Bonchev–Trinajstić information content (AvgIpc) is 2.62. The number of para-hydroxylation sites is 1. The number of urea groups is 1. The van der Waals surface area contributed by atoms with Gasteiger partial charge in [-0.15, -0.1) is 0 Å². The fraction of sp³-hybridized carbons (Fsp3) is 0.0588. The number of amides is 2. The van der Waals surface area contributed by atoms with Crippen molar-refractivity contribution in [2.75, 3.05) is 23.5 Å². The van der Waals surface area contributed by atoms with Gasteiger partial charge in [0.05, 0.1) is 7.11 Å². The summed E-state index contributed by atoms with van der Waals surface area (Å²) in [5.74, 6) is 1.14. The van der Waals surface area contributed by atoms with E-state index >= 15 is 0 Å². The molecular weight excluding hydrogens is 320 g/mol. The summed E-state index contributed by atoms with van der Waals surface area (Å²) in [4.78, 5) is 24.3. The fourth-order valence-corrected chi connectivity index (χ4v) is 2.10. The maximum absolute atomic E-state index is 12.0. The fourth-order valence-electron chi connectivity index (χ4n) is 2.10. The molecule has 0 unspecified atom stereocenters. The zero-order valence-corrected chi connectivity index (χ0v) is 13.4. The number of aromatic nitrogens is 3. The third kappa shape index (κ3) is 4.20. The SMILES string of the molecule is COc1ccc(-c2nc(N)nc(NC(=O)Nc3ccccc3)n2)cc1. The number of methoxy groups -OCH3 is 1. The van der Waals surface area contributed by atoms with Gasteiger partial charge in [0.15, 0.2) is 5.82 Å². The summed E-state index contributed by atoms with van der Waals surface area (Å²) in [5, 5.41) is 5.22. The van der Waals surface area contributed by atoms with E-state index in [1.807, 2.05) is 18.2 Å². The number of hydrogen-bond acceptors (Lipinski definition) is 6. The highest BCUT2D eigenvalue weighted by Crippen LogP contribution is 2.20. The molecule has 8 heteroatoms. The first-order valence-corrected chi connectivity index (χ1v) is 7.43. The van der Waals surface area contributed by atoms with Gasteiger partial charge in [0, 0.05) is 11.3 Å². The van der Waals surface area contributed by atoms with Crippen LogP contribution in [0.25, 0.3) is 11.4 Å². The molecule has 0 fully saturated rings. The lowest BCUT2D eigenvalue weighted by atomic mass is 10.2. The Hall–Kier alpha value is -3.68. The van der Waals surface area contributed by atoms with Crippen LogP contribution in [0.5, 0.6) is 5.75 Å². The zero-order valence-electron chi connectivity index (χ0n) is 13.4. The van der Waals surface area contributed by atoms with Crippen molar-refractivity contribution in [1.82, 2.24) is 15.0 Å². The number of ether oxygens (including phenoxy) is 1. The van der Waals surface area contributed by atoms with Crippen molar-refractivity contribution in [2.45, 2.75) is 0 Å². The molecule has 0 aliphatic carbocycles. The standard InChI is InChI=1S/C17H16N6O2/c1-25-13-9-7-11(8-10-13)14-20-15(18)22-16(21-14)23-17(24)19-12-5-3-2-4-6-12/h2-10H,1H3,(H4,18,19,20,21,22,23,24). The van der Waals surface area contributed by atoms with Crippen LogP contribution in [0.15, 0.2) is 54.6 Å². The van der Waals surface area contributed by atoms with Gasteiger partial charge in [-0.25, -0.2) is 4.79 Å². The Morgan fingerprint density at radius 2 is 1.68 bits per heavy atom. The molecule has 1 heterocycles. The molecule has 2 amide bonds. The molecule has 3 rings (SSSR count).